The Morgan fingerprint density at radius 2 is 2.08 bits per heavy atom. The summed E-state index contributed by atoms with van der Waals surface area (Å²) >= 11 is 0. The highest BCUT2D eigenvalue weighted by Gasteiger charge is 2.23. The Kier molecular flexibility index (Phi) is 3.53. The van der Waals surface area contributed by atoms with Gasteiger partial charge in [0.2, 0.25) is 0 Å². The lowest BCUT2D eigenvalue weighted by Gasteiger charge is -2.25. The van der Waals surface area contributed by atoms with Gasteiger partial charge in [-0.05, 0) is 32.2 Å². The van der Waals surface area contributed by atoms with Crippen LogP contribution in [0.15, 0.2) is 0 Å². The first-order valence-electron chi connectivity index (χ1n) is 5.09. The van der Waals surface area contributed by atoms with Gasteiger partial charge in [0.05, 0.1) is 0 Å². The summed E-state index contributed by atoms with van der Waals surface area (Å²) in [5.74, 6) is 0.803. The van der Waals surface area contributed by atoms with Crippen LogP contribution in [0.3, 0.4) is 0 Å². The number of nitrogens with two attached hydrogens (primary N) is 1. The summed E-state index contributed by atoms with van der Waals surface area (Å²) in [7, 11) is 0. The van der Waals surface area contributed by atoms with E-state index in [2.05, 4.69) is 25.7 Å². The average Bonchev–Trinajstić information content (AvgIpc) is 2.34. The molecule has 0 aromatic carbocycles. The van der Waals surface area contributed by atoms with Crippen molar-refractivity contribution in [2.75, 3.05) is 13.1 Å². The number of likely N-dealkylation sites (tertiary alicyclic amines) is 1. The zero-order valence-corrected chi connectivity index (χ0v) is 8.59. The van der Waals surface area contributed by atoms with Crippen LogP contribution >= 0.6 is 0 Å². The molecule has 0 radical (unpaired) electrons. The maximum Gasteiger partial charge on any atom is 0.0180 e. The molecule has 0 aromatic heterocycles. The molecule has 0 aliphatic carbocycles. The van der Waals surface area contributed by atoms with Gasteiger partial charge in [-0.15, -0.1) is 0 Å². The van der Waals surface area contributed by atoms with E-state index in [0.717, 1.165) is 18.5 Å². The Morgan fingerprint density at radius 3 is 2.50 bits per heavy atom. The molecule has 0 spiro atoms. The summed E-state index contributed by atoms with van der Waals surface area (Å²) in [4.78, 5) is 2.52. The van der Waals surface area contributed by atoms with Crippen LogP contribution in [0.5, 0.6) is 0 Å². The number of hydrogen-bond acceptors (Lipinski definition) is 2. The summed E-state index contributed by atoms with van der Waals surface area (Å²) in [5, 5.41) is 0. The highest BCUT2D eigenvalue weighted by Crippen LogP contribution is 2.16. The molecule has 72 valence electrons. The predicted octanol–water partition coefficient (Wildman–Crippen LogP) is 1.45. The third-order valence-corrected chi connectivity index (χ3v) is 2.69. The van der Waals surface area contributed by atoms with Crippen LogP contribution in [-0.4, -0.2) is 30.1 Å². The fourth-order valence-corrected chi connectivity index (χ4v) is 2.05. The quantitative estimate of drug-likeness (QED) is 0.694. The molecule has 12 heavy (non-hydrogen) atoms. The van der Waals surface area contributed by atoms with Crippen molar-refractivity contribution in [3.63, 3.8) is 0 Å². The number of hydrogen-bond donors (Lipinski definition) is 1. The van der Waals surface area contributed by atoms with Crippen LogP contribution in [0.2, 0.25) is 0 Å². The van der Waals surface area contributed by atoms with E-state index in [1.807, 2.05) is 0 Å². The molecule has 1 saturated heterocycles. The Labute approximate surface area is 76.1 Å². The molecule has 1 rings (SSSR count). The first-order valence-corrected chi connectivity index (χ1v) is 5.09. The van der Waals surface area contributed by atoms with E-state index >= 15 is 0 Å². The van der Waals surface area contributed by atoms with E-state index in [9.17, 15) is 0 Å². The summed E-state index contributed by atoms with van der Waals surface area (Å²) in [5.41, 5.74) is 5.85. The molecule has 1 aliphatic heterocycles. The Hall–Kier alpha value is -0.0800. The minimum absolute atomic E-state index is 0.430. The zero-order chi connectivity index (χ0) is 9.14. The molecule has 1 heterocycles. The van der Waals surface area contributed by atoms with Crippen molar-refractivity contribution >= 4 is 0 Å². The molecule has 2 N–H and O–H groups in total. The molecule has 2 atom stereocenters. The van der Waals surface area contributed by atoms with E-state index in [1.54, 1.807) is 0 Å². The minimum Gasteiger partial charge on any atom is -0.326 e. The van der Waals surface area contributed by atoms with Crippen molar-refractivity contribution in [2.45, 2.75) is 45.7 Å². The van der Waals surface area contributed by atoms with Crippen LogP contribution in [0, 0.1) is 5.92 Å². The van der Waals surface area contributed by atoms with Gasteiger partial charge >= 0.3 is 0 Å². The SMILES string of the molecule is CC(C)CC(C)N1CC[C@@H](N)C1. The van der Waals surface area contributed by atoms with Crippen molar-refractivity contribution in [2.24, 2.45) is 11.7 Å². The molecular formula is C10H22N2. The van der Waals surface area contributed by atoms with Crippen LogP contribution in [0.25, 0.3) is 0 Å². The lowest BCUT2D eigenvalue weighted by atomic mass is 10.0. The van der Waals surface area contributed by atoms with Gasteiger partial charge in [0.15, 0.2) is 0 Å². The fourth-order valence-electron chi connectivity index (χ4n) is 2.05. The molecule has 0 saturated carbocycles. The van der Waals surface area contributed by atoms with Crippen molar-refractivity contribution in [1.82, 2.24) is 4.90 Å². The molecule has 1 aliphatic rings. The van der Waals surface area contributed by atoms with E-state index in [-0.39, 0.29) is 0 Å². The smallest absolute Gasteiger partial charge is 0.0180 e. The van der Waals surface area contributed by atoms with Crippen molar-refractivity contribution < 1.29 is 0 Å². The standard InChI is InChI=1S/C10H22N2/c1-8(2)6-9(3)12-5-4-10(11)7-12/h8-10H,4-7,11H2,1-3H3/t9?,10-/m1/s1. The van der Waals surface area contributed by atoms with Gasteiger partial charge in [-0.3, -0.25) is 4.90 Å². The number of nitrogens with zero attached hydrogens (tertiary/aromatic N) is 1. The van der Waals surface area contributed by atoms with Crippen molar-refractivity contribution in [3.8, 4) is 0 Å². The molecule has 0 bridgehead atoms. The minimum atomic E-state index is 0.430. The Morgan fingerprint density at radius 1 is 1.42 bits per heavy atom. The third kappa shape index (κ3) is 2.76. The van der Waals surface area contributed by atoms with Crippen LogP contribution < -0.4 is 5.73 Å². The lowest BCUT2D eigenvalue weighted by Crippen LogP contribution is -2.34. The molecule has 0 amide bonds. The summed E-state index contributed by atoms with van der Waals surface area (Å²) in [6.07, 6.45) is 2.48. The van der Waals surface area contributed by atoms with Crippen LogP contribution in [-0.2, 0) is 0 Å². The van der Waals surface area contributed by atoms with E-state index in [1.165, 1.54) is 19.4 Å². The van der Waals surface area contributed by atoms with Gasteiger partial charge in [0.25, 0.3) is 0 Å². The normalized spacial score (nSPS) is 28.2. The second-order valence-electron chi connectivity index (χ2n) is 4.52. The molecule has 0 aromatic rings. The molecule has 1 unspecified atom stereocenters. The lowest BCUT2D eigenvalue weighted by molar-refractivity contribution is 0.226. The largest absolute Gasteiger partial charge is 0.326 e. The summed E-state index contributed by atoms with van der Waals surface area (Å²) < 4.78 is 0. The summed E-state index contributed by atoms with van der Waals surface area (Å²) in [6, 6.07) is 1.15. The average molecular weight is 170 g/mol. The van der Waals surface area contributed by atoms with Gasteiger partial charge in [0.1, 0.15) is 0 Å². The van der Waals surface area contributed by atoms with Gasteiger partial charge in [-0.1, -0.05) is 13.8 Å². The zero-order valence-electron chi connectivity index (χ0n) is 8.59. The first-order chi connectivity index (χ1) is 5.59. The molecule has 1 fully saturated rings. The topological polar surface area (TPSA) is 29.3 Å². The van der Waals surface area contributed by atoms with E-state index in [4.69, 9.17) is 5.73 Å². The Balaban J connectivity index is 2.28. The predicted molar refractivity (Wildman–Crippen MR) is 53.1 cm³/mol. The van der Waals surface area contributed by atoms with Gasteiger partial charge in [0, 0.05) is 18.6 Å². The van der Waals surface area contributed by atoms with E-state index < -0.39 is 0 Å². The van der Waals surface area contributed by atoms with Crippen LogP contribution in [0.4, 0.5) is 0 Å². The monoisotopic (exact) mass is 170 g/mol. The fraction of sp³-hybridized carbons (Fsp3) is 1.00. The summed E-state index contributed by atoms with van der Waals surface area (Å²) in [6.45, 7) is 9.19. The second kappa shape index (κ2) is 4.24. The number of rotatable bonds is 3. The molecule has 2 heteroatoms. The molecular weight excluding hydrogens is 148 g/mol. The molecule has 2 nitrogen and oxygen atoms in total. The van der Waals surface area contributed by atoms with Gasteiger partial charge in [-0.25, -0.2) is 0 Å². The highest BCUT2D eigenvalue weighted by atomic mass is 15.2. The van der Waals surface area contributed by atoms with Crippen molar-refractivity contribution in [1.29, 1.82) is 0 Å². The maximum absolute atomic E-state index is 5.85. The van der Waals surface area contributed by atoms with E-state index in [0.29, 0.717) is 6.04 Å². The highest BCUT2D eigenvalue weighted by molar-refractivity contribution is 4.81. The Bertz CT molecular complexity index is 134. The maximum atomic E-state index is 5.85. The second-order valence-corrected chi connectivity index (χ2v) is 4.52. The van der Waals surface area contributed by atoms with Crippen LogP contribution in [0.1, 0.15) is 33.6 Å². The van der Waals surface area contributed by atoms with Gasteiger partial charge < -0.3 is 5.73 Å². The van der Waals surface area contributed by atoms with Gasteiger partial charge in [-0.2, -0.15) is 0 Å². The first kappa shape index (κ1) is 10.0. The van der Waals surface area contributed by atoms with Crippen molar-refractivity contribution in [3.05, 3.63) is 0 Å². The third-order valence-electron chi connectivity index (χ3n) is 2.69.